The van der Waals surface area contributed by atoms with E-state index in [0.717, 1.165) is 12.8 Å². The molecular formula is C16H18N2O6. The zero-order valence-electron chi connectivity index (χ0n) is 13.7. The fraction of sp³-hybridized carbons (Fsp3) is 0.438. The van der Waals surface area contributed by atoms with Gasteiger partial charge in [0.05, 0.1) is 27.2 Å². The Labute approximate surface area is 138 Å². The highest BCUT2D eigenvalue weighted by molar-refractivity contribution is 5.74. The molecule has 0 bridgehead atoms. The molecule has 0 radical (unpaired) electrons. The van der Waals surface area contributed by atoms with Gasteiger partial charge in [-0.2, -0.15) is 0 Å². The molecular weight excluding hydrogens is 316 g/mol. The molecule has 1 aliphatic carbocycles. The van der Waals surface area contributed by atoms with E-state index in [1.807, 2.05) is 0 Å². The Balaban J connectivity index is 1.79. The minimum Gasteiger partial charge on any atom is -0.493 e. The molecule has 3 rings (SSSR count). The van der Waals surface area contributed by atoms with Crippen molar-refractivity contribution in [2.45, 2.75) is 19.4 Å². The van der Waals surface area contributed by atoms with Crippen LogP contribution in [0, 0.1) is 5.92 Å². The molecule has 8 nitrogen and oxygen atoms in total. The summed E-state index contributed by atoms with van der Waals surface area (Å²) in [6.07, 6.45) is 1.78. The van der Waals surface area contributed by atoms with Crippen LogP contribution < -0.4 is 14.2 Å². The molecule has 0 spiro atoms. The second kappa shape index (κ2) is 6.77. The summed E-state index contributed by atoms with van der Waals surface area (Å²) in [4.78, 5) is 11.5. The van der Waals surface area contributed by atoms with E-state index < -0.39 is 0 Å². The lowest BCUT2D eigenvalue weighted by atomic mass is 10.2. The molecule has 8 heteroatoms. The molecule has 24 heavy (non-hydrogen) atoms. The fourth-order valence-electron chi connectivity index (χ4n) is 2.20. The van der Waals surface area contributed by atoms with Gasteiger partial charge in [0.2, 0.25) is 11.6 Å². The van der Waals surface area contributed by atoms with Gasteiger partial charge in [0, 0.05) is 5.56 Å². The maximum absolute atomic E-state index is 11.5. The number of nitrogens with zero attached hydrogens (tertiary/aromatic N) is 2. The Hall–Kier alpha value is -2.77. The normalized spacial score (nSPS) is 13.5. The van der Waals surface area contributed by atoms with Crippen molar-refractivity contribution in [1.29, 1.82) is 0 Å². The van der Waals surface area contributed by atoms with E-state index in [1.165, 1.54) is 21.3 Å². The number of carbonyl (C=O) groups excluding carboxylic acids is 1. The van der Waals surface area contributed by atoms with Gasteiger partial charge in [0.1, 0.15) is 0 Å². The molecule has 128 valence electrons. The number of carbonyl (C=O) groups is 1. The average Bonchev–Trinajstić information content (AvgIpc) is 3.36. The van der Waals surface area contributed by atoms with Crippen molar-refractivity contribution in [3.63, 3.8) is 0 Å². The molecule has 0 atom stereocenters. The molecule has 1 aromatic carbocycles. The monoisotopic (exact) mass is 334 g/mol. The Bertz CT molecular complexity index is 713. The van der Waals surface area contributed by atoms with Crippen molar-refractivity contribution in [2.24, 2.45) is 5.92 Å². The van der Waals surface area contributed by atoms with Crippen LogP contribution in [-0.2, 0) is 16.1 Å². The zero-order chi connectivity index (χ0) is 17.1. The maximum Gasteiger partial charge on any atom is 0.309 e. The summed E-state index contributed by atoms with van der Waals surface area (Å²) in [6, 6.07) is 3.41. The first-order valence-electron chi connectivity index (χ1n) is 7.45. The van der Waals surface area contributed by atoms with E-state index in [9.17, 15) is 4.79 Å². The van der Waals surface area contributed by atoms with Gasteiger partial charge < -0.3 is 23.4 Å². The summed E-state index contributed by atoms with van der Waals surface area (Å²) in [6.45, 7) is -0.0350. The van der Waals surface area contributed by atoms with E-state index in [2.05, 4.69) is 10.2 Å². The Morgan fingerprint density at radius 1 is 1.12 bits per heavy atom. The van der Waals surface area contributed by atoms with E-state index in [4.69, 9.17) is 23.4 Å². The van der Waals surface area contributed by atoms with Gasteiger partial charge in [-0.3, -0.25) is 4.79 Å². The topological polar surface area (TPSA) is 92.9 Å². The van der Waals surface area contributed by atoms with Crippen LogP contribution >= 0.6 is 0 Å². The van der Waals surface area contributed by atoms with Crippen LogP contribution in [0.25, 0.3) is 11.5 Å². The number of methoxy groups -OCH3 is 3. The number of hydrogen-bond donors (Lipinski definition) is 0. The SMILES string of the molecule is COc1cc(-c2nnc(COC(=O)C3CC3)o2)cc(OC)c1OC. The number of ether oxygens (including phenoxy) is 4. The standard InChI is InChI=1S/C16H18N2O6/c1-20-11-6-10(7-12(21-2)14(11)22-3)15-18-17-13(24-15)8-23-16(19)9-4-5-9/h6-7,9H,4-5,8H2,1-3H3. The number of aromatic nitrogens is 2. The van der Waals surface area contributed by atoms with Crippen molar-refractivity contribution in [3.8, 4) is 28.7 Å². The molecule has 0 unspecified atom stereocenters. The largest absolute Gasteiger partial charge is 0.493 e. The van der Waals surface area contributed by atoms with Crippen molar-refractivity contribution >= 4 is 5.97 Å². The van der Waals surface area contributed by atoms with Crippen LogP contribution in [0.4, 0.5) is 0 Å². The minimum atomic E-state index is -0.220. The predicted octanol–water partition coefficient (Wildman–Crippen LogP) is 2.22. The van der Waals surface area contributed by atoms with Crippen LogP contribution in [0.2, 0.25) is 0 Å². The minimum absolute atomic E-state index is 0.0301. The lowest BCUT2D eigenvalue weighted by molar-refractivity contribution is -0.147. The van der Waals surface area contributed by atoms with Gasteiger partial charge >= 0.3 is 5.97 Å². The summed E-state index contributed by atoms with van der Waals surface area (Å²) in [5.41, 5.74) is 0.608. The highest BCUT2D eigenvalue weighted by Crippen LogP contribution is 2.40. The Morgan fingerprint density at radius 3 is 2.33 bits per heavy atom. The highest BCUT2D eigenvalue weighted by atomic mass is 16.5. The third-order valence-corrected chi connectivity index (χ3v) is 3.63. The van der Waals surface area contributed by atoms with E-state index in [1.54, 1.807) is 12.1 Å². The third kappa shape index (κ3) is 3.27. The molecule has 0 amide bonds. The van der Waals surface area contributed by atoms with E-state index >= 15 is 0 Å². The smallest absolute Gasteiger partial charge is 0.309 e. The average molecular weight is 334 g/mol. The summed E-state index contributed by atoms with van der Waals surface area (Å²) < 4.78 is 26.5. The highest BCUT2D eigenvalue weighted by Gasteiger charge is 2.31. The quantitative estimate of drug-likeness (QED) is 0.712. The number of hydrogen-bond acceptors (Lipinski definition) is 8. The van der Waals surface area contributed by atoms with Crippen molar-refractivity contribution in [3.05, 3.63) is 18.0 Å². The third-order valence-electron chi connectivity index (χ3n) is 3.63. The molecule has 1 saturated carbocycles. The number of rotatable bonds is 7. The molecule has 1 fully saturated rings. The molecule has 0 saturated heterocycles. The lowest BCUT2D eigenvalue weighted by Gasteiger charge is -2.12. The van der Waals surface area contributed by atoms with E-state index in [0.29, 0.717) is 22.8 Å². The lowest BCUT2D eigenvalue weighted by Crippen LogP contribution is -2.06. The summed E-state index contributed by atoms with van der Waals surface area (Å²) in [5, 5.41) is 7.86. The number of esters is 1. The summed E-state index contributed by atoms with van der Waals surface area (Å²) >= 11 is 0. The first-order chi connectivity index (χ1) is 11.7. The van der Waals surface area contributed by atoms with Gasteiger partial charge in [0.25, 0.3) is 5.89 Å². The molecule has 1 heterocycles. The molecule has 1 aliphatic rings. The van der Waals surface area contributed by atoms with Gasteiger partial charge in [-0.15, -0.1) is 10.2 Å². The second-order valence-corrected chi connectivity index (χ2v) is 5.30. The maximum atomic E-state index is 11.5. The van der Waals surface area contributed by atoms with Crippen molar-refractivity contribution in [2.75, 3.05) is 21.3 Å². The molecule has 0 N–H and O–H groups in total. The fourth-order valence-corrected chi connectivity index (χ4v) is 2.20. The van der Waals surface area contributed by atoms with Gasteiger partial charge in [-0.25, -0.2) is 0 Å². The van der Waals surface area contributed by atoms with E-state index in [-0.39, 0.29) is 30.3 Å². The van der Waals surface area contributed by atoms with Crippen molar-refractivity contribution < 1.29 is 28.2 Å². The summed E-state index contributed by atoms with van der Waals surface area (Å²) in [5.74, 6) is 1.74. The van der Waals surface area contributed by atoms with Gasteiger partial charge in [0.15, 0.2) is 18.1 Å². The van der Waals surface area contributed by atoms with Gasteiger partial charge in [-0.05, 0) is 25.0 Å². The zero-order valence-corrected chi connectivity index (χ0v) is 13.7. The Morgan fingerprint density at radius 2 is 1.79 bits per heavy atom. The summed E-state index contributed by atoms with van der Waals surface area (Å²) in [7, 11) is 4.58. The molecule has 1 aromatic heterocycles. The van der Waals surface area contributed by atoms with Crippen LogP contribution in [0.15, 0.2) is 16.5 Å². The molecule has 0 aliphatic heterocycles. The van der Waals surface area contributed by atoms with Crippen LogP contribution in [0.1, 0.15) is 18.7 Å². The number of benzene rings is 1. The van der Waals surface area contributed by atoms with Gasteiger partial charge in [-0.1, -0.05) is 0 Å². The molecule has 2 aromatic rings. The Kier molecular flexibility index (Phi) is 4.54. The van der Waals surface area contributed by atoms with Crippen LogP contribution in [0.3, 0.4) is 0 Å². The predicted molar refractivity (Wildman–Crippen MR) is 81.9 cm³/mol. The van der Waals surface area contributed by atoms with Crippen LogP contribution in [-0.4, -0.2) is 37.5 Å². The second-order valence-electron chi connectivity index (χ2n) is 5.30. The first-order valence-corrected chi connectivity index (χ1v) is 7.45. The van der Waals surface area contributed by atoms with Crippen molar-refractivity contribution in [1.82, 2.24) is 10.2 Å². The van der Waals surface area contributed by atoms with Crippen LogP contribution in [0.5, 0.6) is 17.2 Å². The first kappa shape index (κ1) is 16.1.